The first-order valence-corrected chi connectivity index (χ1v) is 11.3. The number of carbonyl (C=O) groups excluding carboxylic acids is 1. The van der Waals surface area contributed by atoms with Crippen LogP contribution in [0.25, 0.3) is 11.5 Å². The van der Waals surface area contributed by atoms with Gasteiger partial charge in [-0.3, -0.25) is 4.79 Å². The summed E-state index contributed by atoms with van der Waals surface area (Å²) in [6.07, 6.45) is 0. The molecule has 4 nitrogen and oxygen atoms in total. The average Bonchev–Trinajstić information content (AvgIpc) is 3.18. The Morgan fingerprint density at radius 2 is 1.78 bits per heavy atom. The maximum Gasteiger partial charge on any atom is 0.251 e. The molecule has 4 aromatic rings. The van der Waals surface area contributed by atoms with E-state index in [4.69, 9.17) is 4.42 Å². The van der Waals surface area contributed by atoms with Crippen LogP contribution in [0.2, 0.25) is 0 Å². The van der Waals surface area contributed by atoms with Crippen molar-refractivity contribution in [2.24, 2.45) is 0 Å². The number of carbonyl (C=O) groups is 1. The van der Waals surface area contributed by atoms with E-state index in [9.17, 15) is 9.18 Å². The lowest BCUT2D eigenvalue weighted by molar-refractivity contribution is 0.0951. The zero-order chi connectivity index (χ0) is 22.5. The molecule has 0 aliphatic heterocycles. The normalized spacial score (nSPS) is 10.8. The van der Waals surface area contributed by atoms with Gasteiger partial charge in [-0.25, -0.2) is 9.37 Å². The fourth-order valence-corrected chi connectivity index (χ4v) is 4.07. The summed E-state index contributed by atoms with van der Waals surface area (Å²) in [4.78, 5) is 18.2. The number of hydrogen-bond acceptors (Lipinski definition) is 4. The van der Waals surface area contributed by atoms with Crippen LogP contribution in [0.1, 0.15) is 32.9 Å². The molecule has 0 fully saturated rings. The van der Waals surface area contributed by atoms with Gasteiger partial charge in [0.05, 0.1) is 5.69 Å². The fraction of sp³-hybridized carbons (Fsp3) is 0.154. The molecule has 1 aromatic heterocycles. The van der Waals surface area contributed by atoms with Crippen molar-refractivity contribution in [3.8, 4) is 11.5 Å². The lowest BCUT2D eigenvalue weighted by atomic mass is 10.1. The molecule has 0 aliphatic rings. The SMILES string of the molecule is Cc1ccc(SCc2nc(-c3ccc(C(=O)NCc4cccc(F)c4)cc3)oc2C)cc1. The van der Waals surface area contributed by atoms with E-state index >= 15 is 0 Å². The summed E-state index contributed by atoms with van der Waals surface area (Å²) >= 11 is 1.72. The quantitative estimate of drug-likeness (QED) is 0.338. The second-order valence-corrected chi connectivity index (χ2v) is 8.56. The van der Waals surface area contributed by atoms with Crippen LogP contribution in [-0.2, 0) is 12.3 Å². The topological polar surface area (TPSA) is 55.1 Å². The first-order valence-electron chi connectivity index (χ1n) is 10.3. The molecule has 0 unspecified atom stereocenters. The maximum atomic E-state index is 13.3. The standard InChI is InChI=1S/C26H23FN2O2S/c1-17-6-12-23(13-7-17)32-16-24-18(2)31-26(29-24)21-10-8-20(9-11-21)25(30)28-15-19-4-3-5-22(27)14-19/h3-14H,15-16H2,1-2H3,(H,28,30). The van der Waals surface area contributed by atoms with Crippen molar-refractivity contribution < 1.29 is 13.6 Å². The molecular formula is C26H23FN2O2S. The zero-order valence-corrected chi connectivity index (χ0v) is 18.7. The number of halogens is 1. The molecule has 32 heavy (non-hydrogen) atoms. The Morgan fingerprint density at radius 3 is 2.50 bits per heavy atom. The summed E-state index contributed by atoms with van der Waals surface area (Å²) in [7, 11) is 0. The van der Waals surface area contributed by atoms with E-state index in [-0.39, 0.29) is 18.3 Å². The number of benzene rings is 3. The highest BCUT2D eigenvalue weighted by Gasteiger charge is 2.13. The van der Waals surface area contributed by atoms with Crippen LogP contribution in [0.3, 0.4) is 0 Å². The molecule has 4 rings (SSSR count). The summed E-state index contributed by atoms with van der Waals surface area (Å²) in [6, 6.07) is 21.7. The summed E-state index contributed by atoms with van der Waals surface area (Å²) in [5.41, 5.74) is 4.18. The predicted octanol–water partition coefficient (Wildman–Crippen LogP) is 6.32. The Morgan fingerprint density at radius 1 is 1.03 bits per heavy atom. The van der Waals surface area contributed by atoms with Gasteiger partial charge in [-0.2, -0.15) is 0 Å². The molecule has 6 heteroatoms. The van der Waals surface area contributed by atoms with E-state index in [1.807, 2.05) is 19.1 Å². The molecule has 0 saturated heterocycles. The largest absolute Gasteiger partial charge is 0.441 e. The van der Waals surface area contributed by atoms with Gasteiger partial charge in [-0.05, 0) is 67.9 Å². The zero-order valence-electron chi connectivity index (χ0n) is 17.9. The van der Waals surface area contributed by atoms with Crippen molar-refractivity contribution >= 4 is 17.7 Å². The monoisotopic (exact) mass is 446 g/mol. The summed E-state index contributed by atoms with van der Waals surface area (Å²) in [6.45, 7) is 4.25. The predicted molar refractivity (Wildman–Crippen MR) is 125 cm³/mol. The van der Waals surface area contributed by atoms with E-state index in [0.717, 1.165) is 22.8 Å². The van der Waals surface area contributed by atoms with Crippen molar-refractivity contribution in [3.05, 3.63) is 107 Å². The minimum atomic E-state index is -0.320. The van der Waals surface area contributed by atoms with Crippen LogP contribution >= 0.6 is 11.8 Å². The number of oxazole rings is 1. The highest BCUT2D eigenvalue weighted by Crippen LogP contribution is 2.28. The van der Waals surface area contributed by atoms with Crippen LogP contribution in [0, 0.1) is 19.7 Å². The van der Waals surface area contributed by atoms with Crippen molar-refractivity contribution in [1.29, 1.82) is 0 Å². The Labute approximate surface area is 190 Å². The molecule has 0 saturated carbocycles. The number of nitrogens with one attached hydrogen (secondary N) is 1. The second kappa shape index (κ2) is 9.83. The number of thioether (sulfide) groups is 1. The van der Waals surface area contributed by atoms with Crippen molar-refractivity contribution in [2.75, 3.05) is 0 Å². The summed E-state index contributed by atoms with van der Waals surface area (Å²) in [5, 5.41) is 2.80. The van der Waals surface area contributed by atoms with Gasteiger partial charge in [0.1, 0.15) is 11.6 Å². The third-order valence-electron chi connectivity index (χ3n) is 5.03. The van der Waals surface area contributed by atoms with Gasteiger partial charge in [0, 0.05) is 28.3 Å². The first-order chi connectivity index (χ1) is 15.5. The molecule has 162 valence electrons. The van der Waals surface area contributed by atoms with Gasteiger partial charge in [0.25, 0.3) is 5.91 Å². The second-order valence-electron chi connectivity index (χ2n) is 7.51. The van der Waals surface area contributed by atoms with E-state index in [0.29, 0.717) is 17.0 Å². The summed E-state index contributed by atoms with van der Waals surface area (Å²) < 4.78 is 19.1. The third kappa shape index (κ3) is 5.45. The number of nitrogens with zero attached hydrogens (tertiary/aromatic N) is 1. The molecule has 0 spiro atoms. The van der Waals surface area contributed by atoms with Crippen LogP contribution in [0.5, 0.6) is 0 Å². The first kappa shape index (κ1) is 21.8. The number of hydrogen-bond donors (Lipinski definition) is 1. The third-order valence-corrected chi connectivity index (χ3v) is 6.05. The molecule has 0 bridgehead atoms. The van der Waals surface area contributed by atoms with Crippen LogP contribution < -0.4 is 5.32 Å². The van der Waals surface area contributed by atoms with Crippen molar-refractivity contribution in [3.63, 3.8) is 0 Å². The number of rotatable bonds is 7. The van der Waals surface area contributed by atoms with Crippen LogP contribution in [-0.4, -0.2) is 10.9 Å². The Hall–Kier alpha value is -3.38. The van der Waals surface area contributed by atoms with Gasteiger partial charge >= 0.3 is 0 Å². The minimum absolute atomic E-state index is 0.223. The highest BCUT2D eigenvalue weighted by molar-refractivity contribution is 7.98. The van der Waals surface area contributed by atoms with Crippen molar-refractivity contribution in [2.45, 2.75) is 31.0 Å². The Kier molecular flexibility index (Phi) is 6.71. The van der Waals surface area contributed by atoms with E-state index in [1.54, 1.807) is 36.0 Å². The lowest BCUT2D eigenvalue weighted by Gasteiger charge is -2.06. The van der Waals surface area contributed by atoms with E-state index in [2.05, 4.69) is 41.5 Å². The Balaban J connectivity index is 1.38. The fourth-order valence-electron chi connectivity index (χ4n) is 3.17. The number of aromatic nitrogens is 1. The van der Waals surface area contributed by atoms with Gasteiger partial charge in [-0.1, -0.05) is 29.8 Å². The number of aryl methyl sites for hydroxylation is 2. The molecule has 1 heterocycles. The number of amides is 1. The van der Waals surface area contributed by atoms with Crippen LogP contribution in [0.4, 0.5) is 4.39 Å². The van der Waals surface area contributed by atoms with E-state index < -0.39 is 0 Å². The van der Waals surface area contributed by atoms with Crippen molar-refractivity contribution in [1.82, 2.24) is 10.3 Å². The molecule has 0 radical (unpaired) electrons. The molecular weight excluding hydrogens is 423 g/mol. The molecule has 3 aromatic carbocycles. The van der Waals surface area contributed by atoms with Gasteiger partial charge in [0.15, 0.2) is 0 Å². The van der Waals surface area contributed by atoms with Gasteiger partial charge in [-0.15, -0.1) is 11.8 Å². The van der Waals surface area contributed by atoms with Gasteiger partial charge in [0.2, 0.25) is 5.89 Å². The summed E-state index contributed by atoms with van der Waals surface area (Å²) in [5.74, 6) is 1.50. The van der Waals surface area contributed by atoms with E-state index in [1.165, 1.54) is 22.6 Å². The smallest absolute Gasteiger partial charge is 0.251 e. The molecule has 1 N–H and O–H groups in total. The molecule has 1 amide bonds. The lowest BCUT2D eigenvalue weighted by Crippen LogP contribution is -2.22. The Bertz CT molecular complexity index is 1220. The molecule has 0 aliphatic carbocycles. The molecule has 0 atom stereocenters. The average molecular weight is 447 g/mol. The maximum absolute atomic E-state index is 13.3. The highest BCUT2D eigenvalue weighted by atomic mass is 32.2. The minimum Gasteiger partial charge on any atom is -0.441 e. The van der Waals surface area contributed by atoms with Crippen LogP contribution in [0.15, 0.2) is 82.1 Å². The van der Waals surface area contributed by atoms with Gasteiger partial charge < -0.3 is 9.73 Å².